The summed E-state index contributed by atoms with van der Waals surface area (Å²) in [5.74, 6) is 0.371. The number of phenols is 1. The SMILES string of the molecule is Oc1ccccc1CN1C=CC=CC1. The number of para-hydroxylation sites is 1. The predicted molar refractivity (Wildman–Crippen MR) is 56.8 cm³/mol. The summed E-state index contributed by atoms with van der Waals surface area (Å²) in [4.78, 5) is 2.15. The smallest absolute Gasteiger partial charge is 0.120 e. The Bertz CT molecular complexity index is 368. The Morgan fingerprint density at radius 1 is 1.21 bits per heavy atom. The molecule has 1 aromatic rings. The molecular formula is C12H13NO. The van der Waals surface area contributed by atoms with E-state index in [1.165, 1.54) is 0 Å². The lowest BCUT2D eigenvalue weighted by Gasteiger charge is -2.20. The summed E-state index contributed by atoms with van der Waals surface area (Å²) in [6.07, 6.45) is 8.16. The molecule has 0 aromatic heterocycles. The summed E-state index contributed by atoms with van der Waals surface area (Å²) in [5.41, 5.74) is 0.965. The second-order valence-corrected chi connectivity index (χ2v) is 3.33. The normalized spacial score (nSPS) is 14.7. The zero-order valence-electron chi connectivity index (χ0n) is 7.93. The van der Waals surface area contributed by atoms with Crippen LogP contribution in [0.15, 0.2) is 48.7 Å². The van der Waals surface area contributed by atoms with E-state index in [4.69, 9.17) is 0 Å². The average Bonchev–Trinajstić information content (AvgIpc) is 2.23. The Morgan fingerprint density at radius 2 is 2.07 bits per heavy atom. The van der Waals surface area contributed by atoms with Gasteiger partial charge in [-0.2, -0.15) is 0 Å². The van der Waals surface area contributed by atoms with Gasteiger partial charge in [0.2, 0.25) is 0 Å². The summed E-state index contributed by atoms with van der Waals surface area (Å²) in [5, 5.41) is 9.57. The molecule has 2 heteroatoms. The minimum absolute atomic E-state index is 0.371. The van der Waals surface area contributed by atoms with Crippen LogP contribution in [0.2, 0.25) is 0 Å². The maximum absolute atomic E-state index is 9.57. The fraction of sp³-hybridized carbons (Fsp3) is 0.167. The number of phenolic OH excluding ortho intramolecular Hbond substituents is 1. The molecule has 1 aliphatic heterocycles. The number of nitrogens with zero attached hydrogens (tertiary/aromatic N) is 1. The van der Waals surface area contributed by atoms with Crippen molar-refractivity contribution in [2.75, 3.05) is 6.54 Å². The summed E-state index contributed by atoms with van der Waals surface area (Å²) < 4.78 is 0. The Kier molecular flexibility index (Phi) is 2.54. The molecule has 2 nitrogen and oxygen atoms in total. The monoisotopic (exact) mass is 187 g/mol. The second-order valence-electron chi connectivity index (χ2n) is 3.33. The van der Waals surface area contributed by atoms with E-state index in [9.17, 15) is 5.11 Å². The molecule has 0 bridgehead atoms. The maximum atomic E-state index is 9.57. The Hall–Kier alpha value is -1.70. The van der Waals surface area contributed by atoms with Crippen molar-refractivity contribution in [3.63, 3.8) is 0 Å². The van der Waals surface area contributed by atoms with E-state index < -0.39 is 0 Å². The number of hydrogen-bond acceptors (Lipinski definition) is 2. The molecule has 0 radical (unpaired) electrons. The highest BCUT2D eigenvalue weighted by Gasteiger charge is 2.04. The van der Waals surface area contributed by atoms with Gasteiger partial charge in [-0.25, -0.2) is 0 Å². The van der Waals surface area contributed by atoms with Crippen molar-refractivity contribution in [2.24, 2.45) is 0 Å². The Morgan fingerprint density at radius 3 is 2.79 bits per heavy atom. The van der Waals surface area contributed by atoms with Crippen LogP contribution in [-0.2, 0) is 6.54 Å². The largest absolute Gasteiger partial charge is 0.508 e. The van der Waals surface area contributed by atoms with Crippen molar-refractivity contribution in [3.8, 4) is 5.75 Å². The number of hydrogen-bond donors (Lipinski definition) is 1. The third-order valence-corrected chi connectivity index (χ3v) is 2.25. The third-order valence-electron chi connectivity index (χ3n) is 2.25. The molecule has 0 spiro atoms. The first kappa shape index (κ1) is 8.88. The van der Waals surface area contributed by atoms with Gasteiger partial charge >= 0.3 is 0 Å². The van der Waals surface area contributed by atoms with E-state index in [2.05, 4.69) is 11.0 Å². The van der Waals surface area contributed by atoms with Crippen LogP contribution < -0.4 is 0 Å². The molecule has 72 valence electrons. The second kappa shape index (κ2) is 4.01. The molecule has 1 aliphatic rings. The zero-order valence-corrected chi connectivity index (χ0v) is 7.93. The Balaban J connectivity index is 2.07. The lowest BCUT2D eigenvalue weighted by molar-refractivity contribution is 0.388. The van der Waals surface area contributed by atoms with E-state index in [1.807, 2.05) is 36.6 Å². The van der Waals surface area contributed by atoms with E-state index in [0.717, 1.165) is 18.7 Å². The van der Waals surface area contributed by atoms with Gasteiger partial charge in [0.1, 0.15) is 5.75 Å². The molecule has 0 amide bonds. The van der Waals surface area contributed by atoms with Crippen molar-refractivity contribution < 1.29 is 5.11 Å². The minimum atomic E-state index is 0.371. The van der Waals surface area contributed by atoms with Crippen molar-refractivity contribution in [2.45, 2.75) is 6.54 Å². The van der Waals surface area contributed by atoms with Crippen molar-refractivity contribution in [1.82, 2.24) is 4.90 Å². The van der Waals surface area contributed by atoms with Gasteiger partial charge in [0.15, 0.2) is 0 Å². The van der Waals surface area contributed by atoms with Crippen LogP contribution in [0, 0.1) is 0 Å². The molecule has 0 atom stereocenters. The number of aromatic hydroxyl groups is 1. The molecule has 0 fully saturated rings. The lowest BCUT2D eigenvalue weighted by atomic mass is 10.2. The topological polar surface area (TPSA) is 23.5 Å². The molecule has 2 rings (SSSR count). The minimum Gasteiger partial charge on any atom is -0.508 e. The first-order chi connectivity index (χ1) is 6.86. The number of allylic oxidation sites excluding steroid dienone is 2. The van der Waals surface area contributed by atoms with E-state index >= 15 is 0 Å². The van der Waals surface area contributed by atoms with E-state index in [1.54, 1.807) is 6.07 Å². The number of rotatable bonds is 2. The summed E-state index contributed by atoms with van der Waals surface area (Å²) in [6, 6.07) is 7.45. The third kappa shape index (κ3) is 1.96. The summed E-state index contributed by atoms with van der Waals surface area (Å²) >= 11 is 0. The van der Waals surface area contributed by atoms with Crippen molar-refractivity contribution in [1.29, 1.82) is 0 Å². The summed E-state index contributed by atoms with van der Waals surface area (Å²) in [6.45, 7) is 1.67. The number of benzene rings is 1. The fourth-order valence-corrected chi connectivity index (χ4v) is 1.49. The molecule has 14 heavy (non-hydrogen) atoms. The van der Waals surface area contributed by atoms with Gasteiger partial charge in [-0.05, 0) is 18.3 Å². The van der Waals surface area contributed by atoms with Crippen molar-refractivity contribution in [3.05, 3.63) is 54.3 Å². The molecular weight excluding hydrogens is 174 g/mol. The van der Waals surface area contributed by atoms with Gasteiger partial charge in [0.05, 0.1) is 0 Å². The highest BCUT2D eigenvalue weighted by molar-refractivity contribution is 5.32. The average molecular weight is 187 g/mol. The van der Waals surface area contributed by atoms with Crippen LogP contribution in [0.25, 0.3) is 0 Å². The molecule has 0 unspecified atom stereocenters. The van der Waals surface area contributed by atoms with Gasteiger partial charge in [-0.3, -0.25) is 0 Å². The van der Waals surface area contributed by atoms with E-state index in [0.29, 0.717) is 5.75 Å². The van der Waals surface area contributed by atoms with Gasteiger partial charge in [0.25, 0.3) is 0 Å². The van der Waals surface area contributed by atoms with Crippen LogP contribution in [0.1, 0.15) is 5.56 Å². The van der Waals surface area contributed by atoms with Crippen LogP contribution >= 0.6 is 0 Å². The fourth-order valence-electron chi connectivity index (χ4n) is 1.49. The quantitative estimate of drug-likeness (QED) is 0.767. The van der Waals surface area contributed by atoms with Gasteiger partial charge in [0, 0.05) is 18.7 Å². The highest BCUT2D eigenvalue weighted by atomic mass is 16.3. The molecule has 0 saturated carbocycles. The molecule has 1 heterocycles. The zero-order chi connectivity index (χ0) is 9.80. The maximum Gasteiger partial charge on any atom is 0.120 e. The lowest BCUT2D eigenvalue weighted by Crippen LogP contribution is -2.18. The molecule has 0 aliphatic carbocycles. The molecule has 1 N–H and O–H groups in total. The van der Waals surface area contributed by atoms with Gasteiger partial charge < -0.3 is 10.0 Å². The van der Waals surface area contributed by atoms with Gasteiger partial charge in [-0.1, -0.05) is 30.4 Å². The first-order valence-corrected chi connectivity index (χ1v) is 4.70. The van der Waals surface area contributed by atoms with Crippen LogP contribution in [0.3, 0.4) is 0 Å². The van der Waals surface area contributed by atoms with Crippen LogP contribution in [-0.4, -0.2) is 16.6 Å². The Labute approximate surface area is 83.8 Å². The van der Waals surface area contributed by atoms with Crippen LogP contribution in [0.5, 0.6) is 5.75 Å². The highest BCUT2D eigenvalue weighted by Crippen LogP contribution is 2.18. The predicted octanol–water partition coefficient (Wildman–Crippen LogP) is 2.28. The van der Waals surface area contributed by atoms with Crippen LogP contribution in [0.4, 0.5) is 0 Å². The summed E-state index contributed by atoms with van der Waals surface area (Å²) in [7, 11) is 0. The standard InChI is InChI=1S/C12H13NO/c14-12-7-3-2-6-11(12)10-13-8-4-1-5-9-13/h1-8,14H,9-10H2. The molecule has 0 saturated heterocycles. The van der Waals surface area contributed by atoms with Gasteiger partial charge in [-0.15, -0.1) is 0 Å². The van der Waals surface area contributed by atoms with E-state index in [-0.39, 0.29) is 0 Å². The first-order valence-electron chi connectivity index (χ1n) is 4.70. The van der Waals surface area contributed by atoms with Crippen molar-refractivity contribution >= 4 is 0 Å². The molecule has 1 aromatic carbocycles.